The number of piperazine rings is 1. The first-order chi connectivity index (χ1) is 9.20. The molecule has 0 amide bonds. The summed E-state index contributed by atoms with van der Waals surface area (Å²) in [7, 11) is 0. The van der Waals surface area contributed by atoms with E-state index in [4.69, 9.17) is 9.97 Å². The number of hydrogen-bond acceptors (Lipinski definition) is 5. The normalized spacial score (nSPS) is 16.3. The standard InChI is InChI=1S/C14H20N4S/c1-4-11-16-13(18-7-5-15-6-8-18)12-9(2)10(3)19-14(12)17-11/h15H,4-8H2,1-3H3. The molecule has 5 heteroatoms. The number of aryl methyl sites for hydroxylation is 3. The zero-order valence-electron chi connectivity index (χ0n) is 11.8. The van der Waals surface area contributed by atoms with Crippen LogP contribution in [-0.2, 0) is 6.42 Å². The Balaban J connectivity index is 2.19. The van der Waals surface area contributed by atoms with Gasteiger partial charge in [0.2, 0.25) is 0 Å². The molecule has 1 aliphatic rings. The van der Waals surface area contributed by atoms with E-state index in [1.165, 1.54) is 15.8 Å². The molecule has 2 aromatic rings. The van der Waals surface area contributed by atoms with Gasteiger partial charge in [-0.15, -0.1) is 11.3 Å². The number of nitrogens with zero attached hydrogens (tertiary/aromatic N) is 3. The minimum Gasteiger partial charge on any atom is -0.353 e. The Bertz CT molecular complexity index is 599. The number of rotatable bonds is 2. The van der Waals surface area contributed by atoms with Crippen LogP contribution >= 0.6 is 11.3 Å². The van der Waals surface area contributed by atoms with Crippen molar-refractivity contribution in [2.75, 3.05) is 31.1 Å². The van der Waals surface area contributed by atoms with Crippen molar-refractivity contribution >= 4 is 27.4 Å². The van der Waals surface area contributed by atoms with Crippen LogP contribution in [0.3, 0.4) is 0 Å². The third kappa shape index (κ3) is 2.21. The second-order valence-electron chi connectivity index (χ2n) is 5.02. The van der Waals surface area contributed by atoms with Crippen molar-refractivity contribution < 1.29 is 0 Å². The fourth-order valence-corrected chi connectivity index (χ4v) is 3.58. The largest absolute Gasteiger partial charge is 0.353 e. The molecule has 1 N–H and O–H groups in total. The zero-order chi connectivity index (χ0) is 13.4. The molecule has 1 aliphatic heterocycles. The van der Waals surface area contributed by atoms with Gasteiger partial charge in [-0.2, -0.15) is 0 Å². The summed E-state index contributed by atoms with van der Waals surface area (Å²) in [5.74, 6) is 2.10. The highest BCUT2D eigenvalue weighted by atomic mass is 32.1. The van der Waals surface area contributed by atoms with Crippen LogP contribution in [0.5, 0.6) is 0 Å². The van der Waals surface area contributed by atoms with Gasteiger partial charge in [-0.25, -0.2) is 9.97 Å². The molecule has 0 unspecified atom stereocenters. The quantitative estimate of drug-likeness (QED) is 0.913. The molecule has 1 fully saturated rings. The van der Waals surface area contributed by atoms with E-state index in [9.17, 15) is 0 Å². The number of fused-ring (bicyclic) bond motifs is 1. The molecule has 102 valence electrons. The highest BCUT2D eigenvalue weighted by molar-refractivity contribution is 7.18. The number of anilines is 1. The molecule has 19 heavy (non-hydrogen) atoms. The molecule has 0 aliphatic carbocycles. The van der Waals surface area contributed by atoms with Crippen molar-refractivity contribution in [2.45, 2.75) is 27.2 Å². The molecular weight excluding hydrogens is 256 g/mol. The molecule has 0 saturated carbocycles. The summed E-state index contributed by atoms with van der Waals surface area (Å²) in [5.41, 5.74) is 1.34. The maximum absolute atomic E-state index is 4.81. The second kappa shape index (κ2) is 5.06. The number of aromatic nitrogens is 2. The Morgan fingerprint density at radius 2 is 1.95 bits per heavy atom. The van der Waals surface area contributed by atoms with Crippen molar-refractivity contribution in [1.29, 1.82) is 0 Å². The third-order valence-corrected chi connectivity index (χ3v) is 4.89. The molecule has 3 rings (SSSR count). The molecule has 0 spiro atoms. The summed E-state index contributed by atoms with van der Waals surface area (Å²) in [5, 5.41) is 4.66. The van der Waals surface area contributed by atoms with E-state index in [1.807, 2.05) is 0 Å². The Morgan fingerprint density at radius 3 is 2.63 bits per heavy atom. The van der Waals surface area contributed by atoms with E-state index in [0.29, 0.717) is 0 Å². The lowest BCUT2D eigenvalue weighted by atomic mass is 10.2. The molecule has 0 bridgehead atoms. The average molecular weight is 276 g/mol. The summed E-state index contributed by atoms with van der Waals surface area (Å²) in [6.07, 6.45) is 0.894. The van der Waals surface area contributed by atoms with Crippen molar-refractivity contribution in [3.63, 3.8) is 0 Å². The number of hydrogen-bond donors (Lipinski definition) is 1. The van der Waals surface area contributed by atoms with Gasteiger partial charge in [0.25, 0.3) is 0 Å². The zero-order valence-corrected chi connectivity index (χ0v) is 12.6. The van der Waals surface area contributed by atoms with Crippen LogP contribution in [0.1, 0.15) is 23.2 Å². The van der Waals surface area contributed by atoms with Crippen molar-refractivity contribution in [1.82, 2.24) is 15.3 Å². The lowest BCUT2D eigenvalue weighted by molar-refractivity contribution is 0.585. The first-order valence-electron chi connectivity index (χ1n) is 6.93. The number of thiophene rings is 1. The molecule has 0 atom stereocenters. The lowest BCUT2D eigenvalue weighted by Crippen LogP contribution is -2.44. The SMILES string of the molecule is CCc1nc(N2CCNCC2)c2c(C)c(C)sc2n1. The van der Waals surface area contributed by atoms with Crippen LogP contribution in [0, 0.1) is 13.8 Å². The van der Waals surface area contributed by atoms with E-state index >= 15 is 0 Å². The Kier molecular flexibility index (Phi) is 3.41. The van der Waals surface area contributed by atoms with Crippen molar-refractivity contribution in [2.24, 2.45) is 0 Å². The summed E-state index contributed by atoms with van der Waals surface area (Å²) in [4.78, 5) is 14.4. The summed E-state index contributed by atoms with van der Waals surface area (Å²) in [6, 6.07) is 0. The van der Waals surface area contributed by atoms with Gasteiger partial charge < -0.3 is 10.2 Å². The van der Waals surface area contributed by atoms with Crippen molar-refractivity contribution in [3.05, 3.63) is 16.3 Å². The van der Waals surface area contributed by atoms with Crippen LogP contribution in [0.25, 0.3) is 10.2 Å². The van der Waals surface area contributed by atoms with Crippen LogP contribution < -0.4 is 10.2 Å². The molecule has 3 heterocycles. The Labute approximate surface area is 117 Å². The maximum Gasteiger partial charge on any atom is 0.141 e. The van der Waals surface area contributed by atoms with Gasteiger partial charge in [0.05, 0.1) is 5.39 Å². The van der Waals surface area contributed by atoms with Crippen molar-refractivity contribution in [3.8, 4) is 0 Å². The van der Waals surface area contributed by atoms with Crippen LogP contribution in [0.15, 0.2) is 0 Å². The van der Waals surface area contributed by atoms with Crippen LogP contribution in [0.2, 0.25) is 0 Å². The van der Waals surface area contributed by atoms with Gasteiger partial charge in [0, 0.05) is 37.5 Å². The molecule has 4 nitrogen and oxygen atoms in total. The molecule has 0 radical (unpaired) electrons. The highest BCUT2D eigenvalue weighted by Gasteiger charge is 2.20. The van der Waals surface area contributed by atoms with Gasteiger partial charge in [-0.3, -0.25) is 0 Å². The monoisotopic (exact) mass is 276 g/mol. The van der Waals surface area contributed by atoms with Gasteiger partial charge >= 0.3 is 0 Å². The summed E-state index contributed by atoms with van der Waals surface area (Å²) < 4.78 is 0. The highest BCUT2D eigenvalue weighted by Crippen LogP contribution is 2.35. The maximum atomic E-state index is 4.81. The molecule has 0 aromatic carbocycles. The molecular formula is C14H20N4S. The number of nitrogens with one attached hydrogen (secondary N) is 1. The van der Waals surface area contributed by atoms with Crippen LogP contribution in [-0.4, -0.2) is 36.1 Å². The topological polar surface area (TPSA) is 41.1 Å². The first kappa shape index (κ1) is 12.8. The van der Waals surface area contributed by atoms with E-state index < -0.39 is 0 Å². The van der Waals surface area contributed by atoms with Gasteiger partial charge in [0.15, 0.2) is 0 Å². The van der Waals surface area contributed by atoms with Gasteiger partial charge in [-0.1, -0.05) is 6.92 Å². The molecule has 2 aromatic heterocycles. The Morgan fingerprint density at radius 1 is 1.21 bits per heavy atom. The van der Waals surface area contributed by atoms with E-state index in [0.717, 1.165) is 49.1 Å². The van der Waals surface area contributed by atoms with E-state index in [1.54, 1.807) is 11.3 Å². The van der Waals surface area contributed by atoms with E-state index in [-0.39, 0.29) is 0 Å². The minimum atomic E-state index is 0.894. The summed E-state index contributed by atoms with van der Waals surface area (Å²) in [6.45, 7) is 10.6. The fraction of sp³-hybridized carbons (Fsp3) is 0.571. The van der Waals surface area contributed by atoms with Crippen LogP contribution in [0.4, 0.5) is 5.82 Å². The third-order valence-electron chi connectivity index (χ3n) is 3.79. The van der Waals surface area contributed by atoms with E-state index in [2.05, 4.69) is 31.0 Å². The summed E-state index contributed by atoms with van der Waals surface area (Å²) >= 11 is 1.79. The predicted molar refractivity (Wildman–Crippen MR) is 81.3 cm³/mol. The smallest absolute Gasteiger partial charge is 0.141 e. The van der Waals surface area contributed by atoms with Gasteiger partial charge in [-0.05, 0) is 19.4 Å². The van der Waals surface area contributed by atoms with Gasteiger partial charge in [0.1, 0.15) is 16.5 Å². The first-order valence-corrected chi connectivity index (χ1v) is 7.74. The second-order valence-corrected chi connectivity index (χ2v) is 6.22. The lowest BCUT2D eigenvalue weighted by Gasteiger charge is -2.29. The molecule has 1 saturated heterocycles. The minimum absolute atomic E-state index is 0.894. The average Bonchev–Trinajstić information content (AvgIpc) is 2.74. The predicted octanol–water partition coefficient (Wildman–Crippen LogP) is 2.28. The fourth-order valence-electron chi connectivity index (χ4n) is 2.54. The Hall–Kier alpha value is -1.20.